The summed E-state index contributed by atoms with van der Waals surface area (Å²) in [4.78, 5) is 32.8. The van der Waals surface area contributed by atoms with Gasteiger partial charge in [-0.15, -0.1) is 11.3 Å². The van der Waals surface area contributed by atoms with E-state index in [0.29, 0.717) is 28.1 Å². The third-order valence-corrected chi connectivity index (χ3v) is 5.58. The van der Waals surface area contributed by atoms with Gasteiger partial charge in [0.15, 0.2) is 28.8 Å². The van der Waals surface area contributed by atoms with Crippen LogP contribution in [0.1, 0.15) is 11.3 Å². The van der Waals surface area contributed by atoms with Crippen molar-refractivity contribution in [1.82, 2.24) is 29.5 Å². The van der Waals surface area contributed by atoms with E-state index in [1.165, 1.54) is 23.5 Å². The third-order valence-electron chi connectivity index (χ3n) is 4.65. The van der Waals surface area contributed by atoms with Crippen LogP contribution in [0.5, 0.6) is 0 Å². The molecule has 144 valence electrons. The third kappa shape index (κ3) is 2.80. The van der Waals surface area contributed by atoms with Gasteiger partial charge in [0.05, 0.1) is 28.1 Å². The molecule has 5 rings (SSSR count). The van der Waals surface area contributed by atoms with Gasteiger partial charge in [-0.2, -0.15) is 0 Å². The van der Waals surface area contributed by atoms with Gasteiger partial charge in [-0.05, 0) is 24.6 Å². The molecule has 0 aliphatic rings. The number of imidazole rings is 1. The first-order chi connectivity index (χ1) is 14.0. The molecule has 0 spiro atoms. The smallest absolute Gasteiger partial charge is 0.248 e. The van der Waals surface area contributed by atoms with Crippen LogP contribution >= 0.6 is 11.3 Å². The van der Waals surface area contributed by atoms with Crippen LogP contribution in [0.15, 0.2) is 40.9 Å². The van der Waals surface area contributed by atoms with Crippen LogP contribution < -0.4 is 5.56 Å². The Morgan fingerprint density at radius 2 is 2.00 bits per heavy atom. The van der Waals surface area contributed by atoms with E-state index in [0.717, 1.165) is 16.6 Å². The van der Waals surface area contributed by atoms with Crippen molar-refractivity contribution >= 4 is 33.5 Å². The maximum Gasteiger partial charge on any atom is 0.248 e. The summed E-state index contributed by atoms with van der Waals surface area (Å²) in [5, 5.41) is 0.404. The summed E-state index contributed by atoms with van der Waals surface area (Å²) in [6.45, 7) is 2.05. The minimum Gasteiger partial charge on any atom is -0.319 e. The molecule has 7 nitrogen and oxygen atoms in total. The molecule has 4 aromatic heterocycles. The number of benzene rings is 1. The van der Waals surface area contributed by atoms with Crippen LogP contribution in [0.3, 0.4) is 0 Å². The first-order valence-electron chi connectivity index (χ1n) is 8.60. The van der Waals surface area contributed by atoms with Gasteiger partial charge in [0.2, 0.25) is 5.56 Å². The number of rotatable bonds is 3. The molecular weight excluding hydrogens is 398 g/mol. The van der Waals surface area contributed by atoms with Gasteiger partial charge in [-0.1, -0.05) is 0 Å². The number of aromatic amines is 1. The fourth-order valence-electron chi connectivity index (χ4n) is 3.33. The van der Waals surface area contributed by atoms with Gasteiger partial charge in [0.1, 0.15) is 0 Å². The summed E-state index contributed by atoms with van der Waals surface area (Å²) in [6.07, 6.45) is 3.10. The lowest BCUT2D eigenvalue weighted by atomic mass is 10.1. The zero-order valence-corrected chi connectivity index (χ0v) is 15.8. The molecule has 0 bridgehead atoms. The number of thiazole rings is 1. The Morgan fingerprint density at radius 3 is 2.79 bits per heavy atom. The molecule has 0 saturated carbocycles. The molecular formula is C19H12F2N6OS. The lowest BCUT2D eigenvalue weighted by molar-refractivity contribution is 0.515. The summed E-state index contributed by atoms with van der Waals surface area (Å²) < 4.78 is 29.7. The Labute approximate surface area is 165 Å². The number of fused-ring (bicyclic) bond motifs is 2. The van der Waals surface area contributed by atoms with E-state index in [4.69, 9.17) is 0 Å². The SMILES string of the molecule is Cc1ncsc1-c1nc2nccnc2n1Cc1cc(=O)[nH]c2c(F)c(F)ccc12. The second-order valence-corrected chi connectivity index (χ2v) is 7.29. The molecule has 0 atom stereocenters. The van der Waals surface area contributed by atoms with Crippen LogP contribution in [0.2, 0.25) is 0 Å². The van der Waals surface area contributed by atoms with Crippen molar-refractivity contribution < 1.29 is 8.78 Å². The van der Waals surface area contributed by atoms with Crippen LogP contribution in [-0.2, 0) is 6.54 Å². The Bertz CT molecular complexity index is 1450. The second kappa shape index (κ2) is 6.52. The monoisotopic (exact) mass is 410 g/mol. The van der Waals surface area contributed by atoms with E-state index < -0.39 is 17.2 Å². The minimum absolute atomic E-state index is 0.168. The largest absolute Gasteiger partial charge is 0.319 e. The zero-order chi connectivity index (χ0) is 20.1. The molecule has 0 amide bonds. The Morgan fingerprint density at radius 1 is 1.17 bits per heavy atom. The molecule has 10 heteroatoms. The van der Waals surface area contributed by atoms with Crippen LogP contribution in [0, 0.1) is 18.6 Å². The normalized spacial score (nSPS) is 11.6. The van der Waals surface area contributed by atoms with E-state index >= 15 is 0 Å². The number of hydrogen-bond donors (Lipinski definition) is 1. The summed E-state index contributed by atoms with van der Waals surface area (Å²) in [7, 11) is 0. The lowest BCUT2D eigenvalue weighted by Crippen LogP contribution is -2.11. The van der Waals surface area contributed by atoms with Crippen molar-refractivity contribution in [3.05, 3.63) is 69.3 Å². The number of H-pyrrole nitrogens is 1. The van der Waals surface area contributed by atoms with E-state index in [9.17, 15) is 13.6 Å². The van der Waals surface area contributed by atoms with Crippen LogP contribution in [0.25, 0.3) is 32.9 Å². The second-order valence-electron chi connectivity index (χ2n) is 6.43. The number of aryl methyl sites for hydroxylation is 1. The van der Waals surface area contributed by atoms with Gasteiger partial charge in [-0.3, -0.25) is 4.79 Å². The van der Waals surface area contributed by atoms with Crippen molar-refractivity contribution in [3.8, 4) is 10.7 Å². The number of aromatic nitrogens is 6. The highest BCUT2D eigenvalue weighted by Crippen LogP contribution is 2.30. The van der Waals surface area contributed by atoms with Gasteiger partial charge in [0.25, 0.3) is 0 Å². The molecule has 0 aliphatic heterocycles. The van der Waals surface area contributed by atoms with Gasteiger partial charge < -0.3 is 9.55 Å². The van der Waals surface area contributed by atoms with Crippen molar-refractivity contribution in [2.24, 2.45) is 0 Å². The minimum atomic E-state index is -1.09. The molecule has 29 heavy (non-hydrogen) atoms. The number of hydrogen-bond acceptors (Lipinski definition) is 6. The van der Waals surface area contributed by atoms with E-state index in [1.54, 1.807) is 22.5 Å². The summed E-state index contributed by atoms with van der Waals surface area (Å²) in [5.41, 5.74) is 3.30. The highest BCUT2D eigenvalue weighted by atomic mass is 32.1. The Hall–Kier alpha value is -3.53. The average molecular weight is 410 g/mol. The summed E-state index contributed by atoms with van der Waals surface area (Å²) in [5.74, 6) is -1.51. The van der Waals surface area contributed by atoms with Crippen LogP contribution in [0.4, 0.5) is 8.78 Å². The number of pyridine rings is 1. The summed E-state index contributed by atoms with van der Waals surface area (Å²) in [6, 6.07) is 3.85. The van der Waals surface area contributed by atoms with Crippen molar-refractivity contribution in [3.63, 3.8) is 0 Å². The molecule has 0 radical (unpaired) electrons. The molecule has 0 unspecified atom stereocenters. The van der Waals surface area contributed by atoms with E-state index in [1.807, 2.05) is 6.92 Å². The lowest BCUT2D eigenvalue weighted by Gasteiger charge is -2.11. The molecule has 1 aromatic carbocycles. The topological polar surface area (TPSA) is 89.3 Å². The van der Waals surface area contributed by atoms with E-state index in [2.05, 4.69) is 24.9 Å². The van der Waals surface area contributed by atoms with Crippen molar-refractivity contribution in [1.29, 1.82) is 0 Å². The highest BCUT2D eigenvalue weighted by molar-refractivity contribution is 7.13. The Kier molecular flexibility index (Phi) is 3.95. The maximum atomic E-state index is 14.3. The number of nitrogens with one attached hydrogen (secondary N) is 1. The van der Waals surface area contributed by atoms with Crippen LogP contribution in [-0.4, -0.2) is 29.5 Å². The van der Waals surface area contributed by atoms with Crippen molar-refractivity contribution in [2.75, 3.05) is 0 Å². The molecule has 0 fully saturated rings. The average Bonchev–Trinajstić information content (AvgIpc) is 3.28. The number of nitrogens with zero attached hydrogens (tertiary/aromatic N) is 5. The predicted molar refractivity (Wildman–Crippen MR) is 105 cm³/mol. The molecule has 1 N–H and O–H groups in total. The maximum absolute atomic E-state index is 14.3. The molecule has 0 aliphatic carbocycles. The highest BCUT2D eigenvalue weighted by Gasteiger charge is 2.20. The fraction of sp³-hybridized carbons (Fsp3) is 0.105. The standard InChI is InChI=1S/C19H12F2N6OS/c1-9-16(29-8-24-9)18-26-17-19(23-5-4-22-17)27(18)7-10-6-13(28)25-15-11(10)2-3-12(20)14(15)21/h2-6,8H,7H2,1H3,(H,25,28). The van der Waals surface area contributed by atoms with Gasteiger partial charge >= 0.3 is 0 Å². The predicted octanol–water partition coefficient (Wildman–Crippen LogP) is 3.43. The molecule has 5 aromatic rings. The number of halogens is 2. The van der Waals surface area contributed by atoms with Crippen molar-refractivity contribution in [2.45, 2.75) is 13.5 Å². The molecule has 4 heterocycles. The molecule has 0 saturated heterocycles. The summed E-state index contributed by atoms with van der Waals surface area (Å²) >= 11 is 1.43. The van der Waals surface area contributed by atoms with Gasteiger partial charge in [0, 0.05) is 23.8 Å². The zero-order valence-electron chi connectivity index (χ0n) is 15.0. The van der Waals surface area contributed by atoms with E-state index in [-0.39, 0.29) is 12.1 Å². The first-order valence-corrected chi connectivity index (χ1v) is 9.48. The first kappa shape index (κ1) is 17.6. The fourth-order valence-corrected chi connectivity index (χ4v) is 4.13. The van der Waals surface area contributed by atoms with Gasteiger partial charge in [-0.25, -0.2) is 28.7 Å². The Balaban J connectivity index is 1.77. The quantitative estimate of drug-likeness (QED) is 0.492.